The average Bonchev–Trinajstić information content (AvgIpc) is 3.41. The minimum Gasteiger partial charge on any atom is -0.497 e. The van der Waals surface area contributed by atoms with Crippen LogP contribution in [-0.4, -0.2) is 61.9 Å². The van der Waals surface area contributed by atoms with E-state index in [9.17, 15) is 18.0 Å². The molecule has 3 atom stereocenters. The lowest BCUT2D eigenvalue weighted by molar-refractivity contribution is -0.138. The van der Waals surface area contributed by atoms with Crippen LogP contribution in [-0.2, 0) is 37.6 Å². The summed E-state index contributed by atoms with van der Waals surface area (Å²) in [5.74, 6) is -0.159. The van der Waals surface area contributed by atoms with Crippen LogP contribution in [0.25, 0.3) is 0 Å². The minimum absolute atomic E-state index is 0.0331. The van der Waals surface area contributed by atoms with Crippen LogP contribution in [0.5, 0.6) is 5.75 Å². The molecule has 41 heavy (non-hydrogen) atoms. The maximum Gasteiger partial charge on any atom is 0.410 e. The first-order chi connectivity index (χ1) is 19.9. The van der Waals surface area contributed by atoms with Crippen LogP contribution in [0.3, 0.4) is 0 Å². The van der Waals surface area contributed by atoms with Gasteiger partial charge in [-0.3, -0.25) is 9.63 Å². The predicted molar refractivity (Wildman–Crippen MR) is 150 cm³/mol. The molecule has 0 bridgehead atoms. The van der Waals surface area contributed by atoms with Crippen molar-refractivity contribution in [2.75, 3.05) is 20.2 Å². The van der Waals surface area contributed by atoms with Gasteiger partial charge in [-0.05, 0) is 54.2 Å². The Morgan fingerprint density at radius 3 is 2.17 bits per heavy atom. The highest BCUT2D eigenvalue weighted by molar-refractivity contribution is 7.89. The second-order valence-electron chi connectivity index (χ2n) is 10.1. The summed E-state index contributed by atoms with van der Waals surface area (Å²) in [6.07, 6.45) is 0.329. The van der Waals surface area contributed by atoms with Gasteiger partial charge in [0.15, 0.2) is 0 Å². The second kappa shape index (κ2) is 12.7. The van der Waals surface area contributed by atoms with Gasteiger partial charge in [0.1, 0.15) is 18.4 Å². The number of nitrogens with one attached hydrogen (secondary N) is 1. The molecule has 3 aromatic rings. The molecule has 2 aliphatic heterocycles. The summed E-state index contributed by atoms with van der Waals surface area (Å²) in [4.78, 5) is 33.4. The van der Waals surface area contributed by atoms with E-state index in [-0.39, 0.29) is 30.6 Å². The second-order valence-corrected chi connectivity index (χ2v) is 11.9. The molecule has 2 fully saturated rings. The van der Waals surface area contributed by atoms with Gasteiger partial charge in [-0.15, -0.1) is 0 Å². The Morgan fingerprint density at radius 1 is 0.902 bits per heavy atom. The minimum atomic E-state index is -4.13. The zero-order chi connectivity index (χ0) is 28.8. The van der Waals surface area contributed by atoms with Gasteiger partial charge in [0.05, 0.1) is 18.6 Å². The molecule has 2 saturated heterocycles. The van der Waals surface area contributed by atoms with Crippen molar-refractivity contribution in [1.29, 1.82) is 0 Å². The number of likely N-dealkylation sites (tertiary alicyclic amines) is 1. The normalized spacial score (nSPS) is 20.7. The van der Waals surface area contributed by atoms with Crippen LogP contribution >= 0.6 is 0 Å². The van der Waals surface area contributed by atoms with E-state index in [1.807, 2.05) is 60.7 Å². The van der Waals surface area contributed by atoms with Gasteiger partial charge in [0, 0.05) is 19.1 Å². The molecule has 2 amide bonds. The molecule has 2 unspecified atom stereocenters. The third-order valence-corrected chi connectivity index (χ3v) is 9.48. The van der Waals surface area contributed by atoms with E-state index >= 15 is 0 Å². The number of hydroxylamine groups is 1. The number of fused-ring (bicyclic) bond motifs is 1. The quantitative estimate of drug-likeness (QED) is 0.384. The van der Waals surface area contributed by atoms with Crippen molar-refractivity contribution in [3.8, 4) is 5.75 Å². The fourth-order valence-corrected chi connectivity index (χ4v) is 7.25. The molecule has 0 saturated carbocycles. The number of carbonyl (C=O) groups excluding carboxylic acids is 2. The third-order valence-electron chi connectivity index (χ3n) is 7.54. The summed E-state index contributed by atoms with van der Waals surface area (Å²) >= 11 is 0. The van der Waals surface area contributed by atoms with Gasteiger partial charge >= 0.3 is 6.09 Å². The Bertz CT molecular complexity index is 1440. The number of benzene rings is 3. The number of piperidine rings is 1. The molecule has 10 nitrogen and oxygen atoms in total. The van der Waals surface area contributed by atoms with Crippen LogP contribution in [0.4, 0.5) is 4.79 Å². The van der Waals surface area contributed by atoms with Gasteiger partial charge in [-0.1, -0.05) is 60.7 Å². The zero-order valence-corrected chi connectivity index (χ0v) is 23.5. The Kier molecular flexibility index (Phi) is 8.87. The lowest BCUT2D eigenvalue weighted by atomic mass is 9.91. The summed E-state index contributed by atoms with van der Waals surface area (Å²) in [5.41, 5.74) is 4.17. The zero-order valence-electron chi connectivity index (χ0n) is 22.7. The number of hydrogen-bond acceptors (Lipinski definition) is 7. The maximum absolute atomic E-state index is 14.0. The molecule has 1 N–H and O–H groups in total. The molecular weight excluding hydrogens is 546 g/mol. The highest BCUT2D eigenvalue weighted by Gasteiger charge is 2.53. The highest BCUT2D eigenvalue weighted by Crippen LogP contribution is 2.40. The fourth-order valence-electron chi connectivity index (χ4n) is 5.41. The Morgan fingerprint density at radius 2 is 1.54 bits per heavy atom. The number of rotatable bonds is 9. The van der Waals surface area contributed by atoms with Crippen molar-refractivity contribution in [2.45, 2.75) is 43.0 Å². The molecule has 5 rings (SSSR count). The number of carbonyl (C=O) groups is 2. The van der Waals surface area contributed by atoms with Crippen molar-refractivity contribution < 1.29 is 32.3 Å². The van der Waals surface area contributed by atoms with Crippen LogP contribution in [0, 0.1) is 5.92 Å². The van der Waals surface area contributed by atoms with Gasteiger partial charge in [0.2, 0.25) is 10.0 Å². The lowest BCUT2D eigenvalue weighted by Gasteiger charge is -2.37. The van der Waals surface area contributed by atoms with E-state index in [1.165, 1.54) is 28.4 Å². The molecule has 2 aliphatic rings. The van der Waals surface area contributed by atoms with Gasteiger partial charge in [0.25, 0.3) is 5.91 Å². The van der Waals surface area contributed by atoms with E-state index in [4.69, 9.17) is 14.3 Å². The van der Waals surface area contributed by atoms with Crippen molar-refractivity contribution >= 4 is 22.0 Å². The van der Waals surface area contributed by atoms with Crippen molar-refractivity contribution in [3.63, 3.8) is 0 Å². The predicted octanol–water partition coefficient (Wildman–Crippen LogP) is 3.73. The molecule has 0 aromatic heterocycles. The first-order valence-electron chi connectivity index (χ1n) is 13.5. The first kappa shape index (κ1) is 28.6. The number of methoxy groups -OCH3 is 1. The number of nitrogens with zero attached hydrogens (tertiary/aromatic N) is 2. The molecule has 11 heteroatoms. The summed E-state index contributed by atoms with van der Waals surface area (Å²) in [6.45, 7) is 0.771. The van der Waals surface area contributed by atoms with Gasteiger partial charge < -0.3 is 14.4 Å². The Balaban J connectivity index is 1.34. The monoisotopic (exact) mass is 579 g/mol. The molecule has 216 valence electrons. The summed E-state index contributed by atoms with van der Waals surface area (Å²) < 4.78 is 40.0. The molecule has 0 spiro atoms. The average molecular weight is 580 g/mol. The lowest BCUT2D eigenvalue weighted by Crippen LogP contribution is -2.54. The highest BCUT2D eigenvalue weighted by atomic mass is 32.2. The maximum atomic E-state index is 14.0. The largest absolute Gasteiger partial charge is 0.497 e. The molecule has 2 heterocycles. The van der Waals surface area contributed by atoms with Crippen LogP contribution in [0.15, 0.2) is 89.8 Å². The fraction of sp³-hybridized carbons (Fsp3) is 0.333. The Labute approximate surface area is 239 Å². The standard InChI is InChI=1S/C30H33N3O7S/c1-38-25-12-14-26(15-13-25)41(36,37)33-27(29(34)31-40-21-23-10-6-3-7-11-23)18-24-16-17-32(19-28(24)33)30(35)39-20-22-8-4-2-5-9-22/h2-15,24,27-28H,16-21H2,1H3,(H,31,34)/t24?,27?,28-/m0/s1. The summed E-state index contributed by atoms with van der Waals surface area (Å²) in [5, 5.41) is 0. The first-order valence-corrected chi connectivity index (χ1v) is 14.9. The number of amides is 2. The van der Waals surface area contributed by atoms with Gasteiger partial charge in [-0.2, -0.15) is 4.31 Å². The topological polar surface area (TPSA) is 114 Å². The van der Waals surface area contributed by atoms with Crippen molar-refractivity contribution in [2.24, 2.45) is 5.92 Å². The van der Waals surface area contributed by atoms with Gasteiger partial charge in [-0.25, -0.2) is 18.7 Å². The van der Waals surface area contributed by atoms with Crippen molar-refractivity contribution in [1.82, 2.24) is 14.7 Å². The van der Waals surface area contributed by atoms with E-state index in [0.29, 0.717) is 25.1 Å². The van der Waals surface area contributed by atoms with E-state index < -0.39 is 34.1 Å². The summed E-state index contributed by atoms with van der Waals surface area (Å²) in [7, 11) is -2.63. The number of hydrogen-bond donors (Lipinski definition) is 1. The molecule has 0 radical (unpaired) electrons. The van der Waals surface area contributed by atoms with Crippen LogP contribution < -0.4 is 10.2 Å². The molecule has 0 aliphatic carbocycles. The van der Waals surface area contributed by atoms with Crippen LogP contribution in [0.2, 0.25) is 0 Å². The third kappa shape index (κ3) is 6.53. The molecule has 3 aromatic carbocycles. The smallest absolute Gasteiger partial charge is 0.410 e. The van der Waals surface area contributed by atoms with E-state index in [2.05, 4.69) is 5.48 Å². The SMILES string of the molecule is COc1ccc(S(=O)(=O)N2C(C(=O)NOCc3ccccc3)CC3CCN(C(=O)OCc4ccccc4)C[C@@H]32)cc1. The number of sulfonamides is 1. The Hall–Kier alpha value is -3.93. The van der Waals surface area contributed by atoms with Crippen molar-refractivity contribution in [3.05, 3.63) is 96.1 Å². The van der Waals surface area contributed by atoms with Crippen LogP contribution in [0.1, 0.15) is 24.0 Å². The van der Waals surface area contributed by atoms with E-state index in [0.717, 1.165) is 11.1 Å². The summed E-state index contributed by atoms with van der Waals surface area (Å²) in [6, 6.07) is 23.1. The van der Waals surface area contributed by atoms with E-state index in [1.54, 1.807) is 12.1 Å². The number of ether oxygens (including phenoxy) is 2. The molecular formula is C30H33N3O7S.